The molecule has 1 aromatic rings. The fourth-order valence-electron chi connectivity index (χ4n) is 1.53. The van der Waals surface area contributed by atoms with Crippen molar-refractivity contribution in [2.45, 2.75) is 13.8 Å². The maximum Gasteiger partial charge on any atom is 0.147 e. The summed E-state index contributed by atoms with van der Waals surface area (Å²) in [4.78, 5) is 1.89. The first-order valence-electron chi connectivity index (χ1n) is 5.17. The van der Waals surface area contributed by atoms with Gasteiger partial charge in [0, 0.05) is 13.1 Å². The van der Waals surface area contributed by atoms with Crippen LogP contribution in [0.1, 0.15) is 19.4 Å². The summed E-state index contributed by atoms with van der Waals surface area (Å²) in [6.07, 6.45) is 0. The molecule has 0 saturated carbocycles. The Kier molecular flexibility index (Phi) is 4.07. The molecule has 0 atom stereocenters. The van der Waals surface area contributed by atoms with E-state index in [0.717, 1.165) is 5.57 Å². The van der Waals surface area contributed by atoms with Crippen molar-refractivity contribution in [2.24, 2.45) is 0 Å². The van der Waals surface area contributed by atoms with Gasteiger partial charge in [-0.3, -0.25) is 0 Å². The molecular weight excluding hydrogens is 203 g/mol. The van der Waals surface area contributed by atoms with Gasteiger partial charge in [-0.25, -0.2) is 4.39 Å². The number of likely N-dealkylation sites (N-methyl/N-ethyl adjacent to an activating group) is 1. The van der Waals surface area contributed by atoms with Crippen LogP contribution in [0, 0.1) is 17.1 Å². The van der Waals surface area contributed by atoms with Gasteiger partial charge in [0.05, 0.1) is 17.3 Å². The Balaban J connectivity index is 3.02. The highest BCUT2D eigenvalue weighted by atomic mass is 19.1. The first kappa shape index (κ1) is 12.3. The highest BCUT2D eigenvalue weighted by molar-refractivity contribution is 5.51. The van der Waals surface area contributed by atoms with Gasteiger partial charge in [0.15, 0.2) is 0 Å². The van der Waals surface area contributed by atoms with Gasteiger partial charge in [-0.05, 0) is 32.0 Å². The Labute approximate surface area is 95.6 Å². The first-order chi connectivity index (χ1) is 7.58. The topological polar surface area (TPSA) is 27.0 Å². The predicted octanol–water partition coefficient (Wildman–Crippen LogP) is 3.10. The molecule has 1 aromatic carbocycles. The van der Waals surface area contributed by atoms with Gasteiger partial charge in [-0.15, -0.1) is 0 Å². The van der Waals surface area contributed by atoms with Crippen molar-refractivity contribution in [3.05, 3.63) is 41.7 Å². The van der Waals surface area contributed by atoms with E-state index in [2.05, 4.69) is 6.58 Å². The van der Waals surface area contributed by atoms with E-state index in [0.29, 0.717) is 24.3 Å². The number of halogens is 1. The van der Waals surface area contributed by atoms with Crippen LogP contribution >= 0.6 is 0 Å². The Morgan fingerprint density at radius 1 is 1.56 bits per heavy atom. The van der Waals surface area contributed by atoms with Crippen LogP contribution in [0.3, 0.4) is 0 Å². The number of anilines is 1. The summed E-state index contributed by atoms with van der Waals surface area (Å²) in [5, 5.41) is 8.65. The van der Waals surface area contributed by atoms with Crippen LogP contribution < -0.4 is 4.90 Å². The van der Waals surface area contributed by atoms with Crippen molar-refractivity contribution in [1.82, 2.24) is 0 Å². The lowest BCUT2D eigenvalue weighted by Crippen LogP contribution is -2.25. The second-order valence-electron chi connectivity index (χ2n) is 3.75. The van der Waals surface area contributed by atoms with E-state index in [4.69, 9.17) is 5.26 Å². The molecule has 0 aliphatic heterocycles. The normalized spacial score (nSPS) is 9.62. The van der Waals surface area contributed by atoms with Crippen molar-refractivity contribution < 1.29 is 4.39 Å². The SMILES string of the molecule is C=C(C)CN(CC)c1ccc(C#N)cc1F. The van der Waals surface area contributed by atoms with E-state index in [1.165, 1.54) is 6.07 Å². The summed E-state index contributed by atoms with van der Waals surface area (Å²) in [6.45, 7) is 9.01. The highest BCUT2D eigenvalue weighted by Gasteiger charge is 2.10. The van der Waals surface area contributed by atoms with Gasteiger partial charge in [0.1, 0.15) is 5.82 Å². The third-order valence-corrected chi connectivity index (χ3v) is 2.26. The highest BCUT2D eigenvalue weighted by Crippen LogP contribution is 2.20. The minimum atomic E-state index is -0.359. The smallest absolute Gasteiger partial charge is 0.147 e. The molecular formula is C13H15FN2. The fourth-order valence-corrected chi connectivity index (χ4v) is 1.53. The zero-order valence-corrected chi connectivity index (χ0v) is 9.63. The maximum atomic E-state index is 13.7. The van der Waals surface area contributed by atoms with Gasteiger partial charge in [-0.2, -0.15) is 5.26 Å². The largest absolute Gasteiger partial charge is 0.365 e. The third kappa shape index (κ3) is 2.83. The molecule has 3 heteroatoms. The molecule has 0 fully saturated rings. The van der Waals surface area contributed by atoms with Gasteiger partial charge in [0.25, 0.3) is 0 Å². The molecule has 84 valence electrons. The van der Waals surface area contributed by atoms with Crippen LogP contribution in [-0.4, -0.2) is 13.1 Å². The Bertz CT molecular complexity index is 432. The number of nitrogens with zero attached hydrogens (tertiary/aromatic N) is 2. The summed E-state index contributed by atoms with van der Waals surface area (Å²) >= 11 is 0. The van der Waals surface area contributed by atoms with Crippen molar-refractivity contribution in [2.75, 3.05) is 18.0 Å². The first-order valence-corrected chi connectivity index (χ1v) is 5.17. The van der Waals surface area contributed by atoms with Crippen molar-refractivity contribution >= 4 is 5.69 Å². The Morgan fingerprint density at radius 2 is 2.25 bits per heavy atom. The van der Waals surface area contributed by atoms with Gasteiger partial charge >= 0.3 is 0 Å². The lowest BCUT2D eigenvalue weighted by atomic mass is 10.2. The fraction of sp³-hybridized carbons (Fsp3) is 0.308. The second kappa shape index (κ2) is 5.32. The van der Waals surface area contributed by atoms with E-state index in [1.807, 2.05) is 24.8 Å². The molecule has 0 aromatic heterocycles. The lowest BCUT2D eigenvalue weighted by Gasteiger charge is -2.23. The van der Waals surface area contributed by atoms with Crippen LogP contribution in [0.5, 0.6) is 0 Å². The quantitative estimate of drug-likeness (QED) is 0.726. The van der Waals surface area contributed by atoms with E-state index in [9.17, 15) is 4.39 Å². The molecule has 0 bridgehead atoms. The van der Waals surface area contributed by atoms with Crippen LogP contribution in [0.15, 0.2) is 30.4 Å². The van der Waals surface area contributed by atoms with Crippen LogP contribution in [-0.2, 0) is 0 Å². The van der Waals surface area contributed by atoms with Crippen molar-refractivity contribution in [1.29, 1.82) is 5.26 Å². The minimum Gasteiger partial charge on any atom is -0.365 e. The van der Waals surface area contributed by atoms with Gasteiger partial charge in [-0.1, -0.05) is 12.2 Å². The lowest BCUT2D eigenvalue weighted by molar-refractivity contribution is 0.620. The number of rotatable bonds is 4. The molecule has 0 unspecified atom stereocenters. The number of nitriles is 1. The summed E-state index contributed by atoms with van der Waals surface area (Å²) in [7, 11) is 0. The van der Waals surface area contributed by atoms with E-state index >= 15 is 0 Å². The molecule has 0 aliphatic carbocycles. The van der Waals surface area contributed by atoms with Gasteiger partial charge in [0.2, 0.25) is 0 Å². The standard InChI is InChI=1S/C13H15FN2/c1-4-16(9-10(2)3)13-6-5-11(8-15)7-12(13)14/h5-7H,2,4,9H2,1,3H3. The zero-order chi connectivity index (χ0) is 12.1. The third-order valence-electron chi connectivity index (χ3n) is 2.26. The van der Waals surface area contributed by atoms with Crippen LogP contribution in [0.2, 0.25) is 0 Å². The molecule has 0 aliphatic rings. The molecule has 0 heterocycles. The maximum absolute atomic E-state index is 13.7. The van der Waals surface area contributed by atoms with Gasteiger partial charge < -0.3 is 4.90 Å². The molecule has 0 spiro atoms. The Hall–Kier alpha value is -1.82. The number of hydrogen-bond donors (Lipinski definition) is 0. The molecule has 0 amide bonds. The zero-order valence-electron chi connectivity index (χ0n) is 9.63. The number of hydrogen-bond acceptors (Lipinski definition) is 2. The average Bonchev–Trinajstić information content (AvgIpc) is 2.25. The summed E-state index contributed by atoms with van der Waals surface area (Å²) in [5.74, 6) is -0.359. The molecule has 0 radical (unpaired) electrons. The molecule has 16 heavy (non-hydrogen) atoms. The number of benzene rings is 1. The van der Waals surface area contributed by atoms with E-state index in [1.54, 1.807) is 12.1 Å². The van der Waals surface area contributed by atoms with E-state index in [-0.39, 0.29) is 5.82 Å². The summed E-state index contributed by atoms with van der Waals surface area (Å²) < 4.78 is 13.7. The second-order valence-corrected chi connectivity index (χ2v) is 3.75. The molecule has 2 nitrogen and oxygen atoms in total. The van der Waals surface area contributed by atoms with Crippen LogP contribution in [0.4, 0.5) is 10.1 Å². The summed E-state index contributed by atoms with van der Waals surface area (Å²) in [5.41, 5.74) is 1.84. The van der Waals surface area contributed by atoms with Crippen molar-refractivity contribution in [3.8, 4) is 6.07 Å². The molecule has 0 saturated heterocycles. The predicted molar refractivity (Wildman–Crippen MR) is 63.8 cm³/mol. The summed E-state index contributed by atoms with van der Waals surface area (Å²) in [6, 6.07) is 6.44. The van der Waals surface area contributed by atoms with Crippen LogP contribution in [0.25, 0.3) is 0 Å². The average molecular weight is 218 g/mol. The van der Waals surface area contributed by atoms with Crippen molar-refractivity contribution in [3.63, 3.8) is 0 Å². The minimum absolute atomic E-state index is 0.340. The molecule has 1 rings (SSSR count). The monoisotopic (exact) mass is 218 g/mol. The van der Waals surface area contributed by atoms with E-state index < -0.39 is 0 Å². The Morgan fingerprint density at radius 3 is 2.69 bits per heavy atom. The molecule has 0 N–H and O–H groups in total.